The summed E-state index contributed by atoms with van der Waals surface area (Å²) in [5, 5.41) is 2.81. The molecule has 2 rings (SSSR count). The van der Waals surface area contributed by atoms with Crippen molar-refractivity contribution < 1.29 is 22.7 Å². The van der Waals surface area contributed by atoms with Crippen molar-refractivity contribution >= 4 is 50.1 Å². The summed E-state index contributed by atoms with van der Waals surface area (Å²) in [6, 6.07) is 13.2. The Morgan fingerprint density at radius 3 is 2.39 bits per heavy atom. The number of hydrogen-bond donors (Lipinski definition) is 1. The van der Waals surface area contributed by atoms with Crippen LogP contribution in [0.3, 0.4) is 0 Å². The Morgan fingerprint density at radius 2 is 1.82 bits per heavy atom. The van der Waals surface area contributed by atoms with Crippen LogP contribution in [0.5, 0.6) is 5.75 Å². The number of hydrogen-bond acceptors (Lipinski definition) is 5. The van der Waals surface area contributed by atoms with Crippen molar-refractivity contribution in [2.45, 2.75) is 32.9 Å². The summed E-state index contributed by atoms with van der Waals surface area (Å²) >= 11 is 2.12. The second-order valence-corrected chi connectivity index (χ2v) is 10.7. The number of anilines is 1. The third kappa shape index (κ3) is 7.88. The fourth-order valence-electron chi connectivity index (χ4n) is 3.17. The predicted octanol–water partition coefficient (Wildman–Crippen LogP) is 3.01. The highest BCUT2D eigenvalue weighted by Crippen LogP contribution is 2.21. The summed E-state index contributed by atoms with van der Waals surface area (Å²) in [6.45, 7) is 3.77. The van der Waals surface area contributed by atoms with Gasteiger partial charge in [0.1, 0.15) is 18.3 Å². The van der Waals surface area contributed by atoms with Gasteiger partial charge in [-0.25, -0.2) is 8.42 Å². The number of benzene rings is 2. The number of carbonyl (C=O) groups excluding carboxylic acids is 2. The Balaban J connectivity index is 2.37. The van der Waals surface area contributed by atoms with Gasteiger partial charge in [0.2, 0.25) is 21.8 Å². The fourth-order valence-corrected chi connectivity index (χ4v) is 4.38. The van der Waals surface area contributed by atoms with E-state index in [1.807, 2.05) is 13.0 Å². The first-order valence-electron chi connectivity index (χ1n) is 10.5. The van der Waals surface area contributed by atoms with Gasteiger partial charge in [-0.15, -0.1) is 0 Å². The lowest BCUT2D eigenvalue weighted by Crippen LogP contribution is -2.51. The number of nitrogens with one attached hydrogen (secondary N) is 1. The molecule has 10 heteroatoms. The highest BCUT2D eigenvalue weighted by atomic mass is 127. The van der Waals surface area contributed by atoms with Gasteiger partial charge in [-0.05, 0) is 77.9 Å². The van der Waals surface area contributed by atoms with Gasteiger partial charge in [0.15, 0.2) is 0 Å². The van der Waals surface area contributed by atoms with Crippen LogP contribution in [0.2, 0.25) is 0 Å². The Hall–Kier alpha value is -2.34. The summed E-state index contributed by atoms with van der Waals surface area (Å²) in [4.78, 5) is 27.5. The molecule has 0 aromatic heterocycles. The maximum absolute atomic E-state index is 13.4. The Kier molecular flexibility index (Phi) is 9.96. The molecule has 0 unspecified atom stereocenters. The molecule has 0 saturated heterocycles. The molecule has 0 fully saturated rings. The molecule has 0 aliphatic heterocycles. The number of halogens is 1. The first kappa shape index (κ1) is 26.9. The molecular weight excluding hydrogens is 557 g/mol. The second-order valence-electron chi connectivity index (χ2n) is 7.59. The van der Waals surface area contributed by atoms with Crippen LogP contribution in [0.15, 0.2) is 48.5 Å². The van der Waals surface area contributed by atoms with Gasteiger partial charge in [-0.1, -0.05) is 19.1 Å². The molecule has 1 N–H and O–H groups in total. The lowest BCUT2D eigenvalue weighted by atomic mass is 10.1. The average Bonchev–Trinajstić information content (AvgIpc) is 2.79. The van der Waals surface area contributed by atoms with Crippen molar-refractivity contribution in [2.75, 3.05) is 30.8 Å². The van der Waals surface area contributed by atoms with Crippen LogP contribution >= 0.6 is 22.6 Å². The average molecular weight is 587 g/mol. The zero-order valence-electron chi connectivity index (χ0n) is 19.2. The van der Waals surface area contributed by atoms with Crippen molar-refractivity contribution in [1.29, 1.82) is 0 Å². The van der Waals surface area contributed by atoms with E-state index in [0.717, 1.165) is 26.1 Å². The standard InChI is InChI=1S/C23H30IN3O5S/c1-5-13-25-23(29)17(2)26(15-18-7-6-8-21(14-18)32-3)22(28)16-27(33(4,30)31)20-11-9-19(24)10-12-20/h6-12,14,17H,5,13,15-16H2,1-4H3,(H,25,29)/t17-/m0/s1. The number of methoxy groups -OCH3 is 1. The Labute approximate surface area is 209 Å². The van der Waals surface area contributed by atoms with E-state index in [4.69, 9.17) is 4.74 Å². The van der Waals surface area contributed by atoms with E-state index in [9.17, 15) is 18.0 Å². The highest BCUT2D eigenvalue weighted by molar-refractivity contribution is 14.1. The molecular formula is C23H30IN3O5S. The molecule has 180 valence electrons. The van der Waals surface area contributed by atoms with E-state index in [0.29, 0.717) is 18.0 Å². The summed E-state index contributed by atoms with van der Waals surface area (Å²) in [6.07, 6.45) is 1.82. The van der Waals surface area contributed by atoms with Crippen LogP contribution in [-0.2, 0) is 26.2 Å². The van der Waals surface area contributed by atoms with Gasteiger partial charge >= 0.3 is 0 Å². The summed E-state index contributed by atoms with van der Waals surface area (Å²) in [5.74, 6) is -0.158. The predicted molar refractivity (Wildman–Crippen MR) is 138 cm³/mol. The first-order valence-corrected chi connectivity index (χ1v) is 13.4. The minimum Gasteiger partial charge on any atom is -0.497 e. The van der Waals surface area contributed by atoms with E-state index >= 15 is 0 Å². The Morgan fingerprint density at radius 1 is 1.15 bits per heavy atom. The molecule has 2 aromatic rings. The van der Waals surface area contributed by atoms with Gasteiger partial charge in [-0.2, -0.15) is 0 Å². The fraction of sp³-hybridized carbons (Fsp3) is 0.391. The number of amides is 2. The molecule has 0 aliphatic carbocycles. The molecule has 8 nitrogen and oxygen atoms in total. The van der Waals surface area contributed by atoms with Crippen LogP contribution in [0.1, 0.15) is 25.8 Å². The van der Waals surface area contributed by atoms with Crippen molar-refractivity contribution in [2.24, 2.45) is 0 Å². The van der Waals surface area contributed by atoms with E-state index in [2.05, 4.69) is 27.9 Å². The number of rotatable bonds is 11. The summed E-state index contributed by atoms with van der Waals surface area (Å²) in [5.41, 5.74) is 1.15. The first-order chi connectivity index (χ1) is 15.6. The largest absolute Gasteiger partial charge is 0.497 e. The molecule has 0 heterocycles. The molecule has 33 heavy (non-hydrogen) atoms. The molecule has 2 aromatic carbocycles. The normalized spacial score (nSPS) is 12.0. The summed E-state index contributed by atoms with van der Waals surface area (Å²) in [7, 11) is -2.19. The quantitative estimate of drug-likeness (QED) is 0.408. The minimum atomic E-state index is -3.74. The van der Waals surface area contributed by atoms with Crippen LogP contribution in [0, 0.1) is 3.57 Å². The molecule has 0 radical (unpaired) electrons. The van der Waals surface area contributed by atoms with Crippen LogP contribution in [-0.4, -0.2) is 57.6 Å². The maximum atomic E-state index is 13.4. The molecule has 0 aliphatic rings. The molecule has 0 saturated carbocycles. The third-order valence-corrected chi connectivity index (χ3v) is 6.86. The van der Waals surface area contributed by atoms with Crippen LogP contribution < -0.4 is 14.4 Å². The smallest absolute Gasteiger partial charge is 0.244 e. The zero-order valence-corrected chi connectivity index (χ0v) is 22.2. The molecule has 1 atom stereocenters. The number of ether oxygens (including phenoxy) is 1. The Bertz CT molecular complexity index is 1060. The lowest BCUT2D eigenvalue weighted by molar-refractivity contribution is -0.139. The van der Waals surface area contributed by atoms with E-state index < -0.39 is 28.5 Å². The topological polar surface area (TPSA) is 96.0 Å². The van der Waals surface area contributed by atoms with Crippen molar-refractivity contribution in [3.8, 4) is 5.75 Å². The van der Waals surface area contributed by atoms with Crippen molar-refractivity contribution in [3.63, 3.8) is 0 Å². The SMILES string of the molecule is CCCNC(=O)[C@H](C)N(Cc1cccc(OC)c1)C(=O)CN(c1ccc(I)cc1)S(C)(=O)=O. The highest BCUT2D eigenvalue weighted by Gasteiger charge is 2.30. The summed E-state index contributed by atoms with van der Waals surface area (Å²) < 4.78 is 32.3. The molecule has 0 bridgehead atoms. The second kappa shape index (κ2) is 12.2. The van der Waals surface area contributed by atoms with Crippen molar-refractivity contribution in [3.05, 3.63) is 57.7 Å². The molecule has 0 spiro atoms. The zero-order chi connectivity index (χ0) is 24.6. The van der Waals surface area contributed by atoms with Crippen LogP contribution in [0.25, 0.3) is 0 Å². The lowest BCUT2D eigenvalue weighted by Gasteiger charge is -2.31. The number of carbonyl (C=O) groups is 2. The van der Waals surface area contributed by atoms with Crippen molar-refractivity contribution in [1.82, 2.24) is 10.2 Å². The number of nitrogens with zero attached hydrogens (tertiary/aromatic N) is 2. The minimum absolute atomic E-state index is 0.126. The molecule has 2 amide bonds. The van der Waals surface area contributed by atoms with E-state index in [1.54, 1.807) is 56.5 Å². The van der Waals surface area contributed by atoms with E-state index in [-0.39, 0.29) is 12.5 Å². The van der Waals surface area contributed by atoms with Gasteiger partial charge in [-0.3, -0.25) is 13.9 Å². The monoisotopic (exact) mass is 587 g/mol. The third-order valence-electron chi connectivity index (χ3n) is 5.00. The van der Waals surface area contributed by atoms with Gasteiger partial charge < -0.3 is 15.0 Å². The van der Waals surface area contributed by atoms with Gasteiger partial charge in [0.25, 0.3) is 0 Å². The van der Waals surface area contributed by atoms with E-state index in [1.165, 1.54) is 4.90 Å². The van der Waals surface area contributed by atoms with Crippen LogP contribution in [0.4, 0.5) is 5.69 Å². The van der Waals surface area contributed by atoms with Gasteiger partial charge in [0, 0.05) is 16.7 Å². The number of sulfonamides is 1. The van der Waals surface area contributed by atoms with Gasteiger partial charge in [0.05, 0.1) is 19.1 Å². The maximum Gasteiger partial charge on any atom is 0.244 e.